The average molecular weight is 793 g/mol. The van der Waals surface area contributed by atoms with Crippen LogP contribution in [0.15, 0.2) is 85.1 Å². The van der Waals surface area contributed by atoms with E-state index in [2.05, 4.69) is 15.6 Å². The maximum absolute atomic E-state index is 13.4. The molecule has 0 saturated heterocycles. The highest BCUT2D eigenvalue weighted by Gasteiger charge is 2.23. The summed E-state index contributed by atoms with van der Waals surface area (Å²) in [4.78, 5) is 43.3. The number of hydrogen-bond donors (Lipinski definition) is 3. The van der Waals surface area contributed by atoms with Crippen LogP contribution in [0.4, 0.5) is 16.2 Å². The number of fused-ring (bicyclic) bond motifs is 1. The summed E-state index contributed by atoms with van der Waals surface area (Å²) in [5.41, 5.74) is 9.37. The standard InChI is InChI=1S/C45H52N4O9/c1-45(2,3)30-26-36(43(46)51)42(55-6)38(27-30)49-44(52)48-37-15-16-40(34-11-8-7-10-33(34)37)58-32-17-18-47-31(28-32)24-29-13-14-35(41(25-29)54-5)39(50)12-9-19-56-22-23-57-21-20-53-4/h7-8,10-11,13-18,25-28H,9,12,19-24H2,1-6H3,(H2,46,51)(H2,48,49,52). The summed E-state index contributed by atoms with van der Waals surface area (Å²) >= 11 is 0. The van der Waals surface area contributed by atoms with Crippen LogP contribution in [-0.2, 0) is 26.0 Å². The largest absolute Gasteiger partial charge is 0.496 e. The molecule has 13 nitrogen and oxygen atoms in total. The van der Waals surface area contributed by atoms with E-state index >= 15 is 0 Å². The zero-order chi connectivity index (χ0) is 41.7. The lowest BCUT2D eigenvalue weighted by Gasteiger charge is -2.23. The number of aromatic nitrogens is 1. The molecule has 0 bridgehead atoms. The van der Waals surface area contributed by atoms with E-state index in [0.29, 0.717) is 86.5 Å². The molecular weight excluding hydrogens is 741 g/mol. The van der Waals surface area contributed by atoms with Crippen LogP contribution in [-0.4, -0.2) is 77.1 Å². The first-order valence-corrected chi connectivity index (χ1v) is 19.0. The lowest BCUT2D eigenvalue weighted by molar-refractivity contribution is 0.0240. The number of amides is 3. The maximum Gasteiger partial charge on any atom is 0.323 e. The van der Waals surface area contributed by atoms with Crippen molar-refractivity contribution in [3.8, 4) is 23.0 Å². The molecule has 0 atom stereocenters. The van der Waals surface area contributed by atoms with Gasteiger partial charge in [0.05, 0.1) is 63.1 Å². The Balaban J connectivity index is 1.24. The van der Waals surface area contributed by atoms with Gasteiger partial charge in [0.15, 0.2) is 11.5 Å². The molecule has 0 aliphatic rings. The molecule has 13 heteroatoms. The Morgan fingerprint density at radius 2 is 1.45 bits per heavy atom. The predicted molar refractivity (Wildman–Crippen MR) is 224 cm³/mol. The van der Waals surface area contributed by atoms with Crippen molar-refractivity contribution in [2.24, 2.45) is 5.73 Å². The molecule has 4 N–H and O–H groups in total. The number of methoxy groups -OCH3 is 3. The van der Waals surface area contributed by atoms with Crippen molar-refractivity contribution >= 4 is 39.9 Å². The number of Topliss-reactive ketones (excluding diaryl/α,β-unsaturated/α-hetero) is 1. The van der Waals surface area contributed by atoms with Gasteiger partial charge in [-0.2, -0.15) is 0 Å². The van der Waals surface area contributed by atoms with Crippen molar-refractivity contribution in [2.75, 3.05) is 65.0 Å². The topological polar surface area (TPSA) is 170 Å². The number of nitrogens with one attached hydrogen (secondary N) is 2. The number of anilines is 2. The Hall–Kier alpha value is -6.02. The quantitative estimate of drug-likeness (QED) is 0.0515. The van der Waals surface area contributed by atoms with Crippen LogP contribution >= 0.6 is 0 Å². The van der Waals surface area contributed by atoms with Crippen molar-refractivity contribution in [3.63, 3.8) is 0 Å². The molecule has 0 radical (unpaired) electrons. The zero-order valence-corrected chi connectivity index (χ0v) is 33.9. The number of benzene rings is 4. The molecule has 5 rings (SSSR count). The minimum atomic E-state index is -0.664. The first-order chi connectivity index (χ1) is 27.9. The number of ketones is 1. The number of urea groups is 1. The molecule has 306 valence electrons. The van der Waals surface area contributed by atoms with Crippen molar-refractivity contribution in [3.05, 3.63) is 113 Å². The molecule has 4 aromatic carbocycles. The molecule has 58 heavy (non-hydrogen) atoms. The summed E-state index contributed by atoms with van der Waals surface area (Å²) < 4.78 is 33.4. The average Bonchev–Trinajstić information content (AvgIpc) is 3.20. The van der Waals surface area contributed by atoms with E-state index in [1.165, 1.54) is 7.11 Å². The summed E-state index contributed by atoms with van der Waals surface area (Å²) in [6, 6.07) is 23.2. The number of carbonyl (C=O) groups excluding carboxylic acids is 3. The van der Waals surface area contributed by atoms with E-state index in [-0.39, 0.29) is 22.5 Å². The number of rotatable bonds is 20. The fourth-order valence-electron chi connectivity index (χ4n) is 6.26. The van der Waals surface area contributed by atoms with Gasteiger partial charge in [0.1, 0.15) is 17.2 Å². The monoisotopic (exact) mass is 792 g/mol. The summed E-state index contributed by atoms with van der Waals surface area (Å²) in [7, 11) is 4.60. The molecule has 0 spiro atoms. The Morgan fingerprint density at radius 1 is 0.724 bits per heavy atom. The van der Waals surface area contributed by atoms with Gasteiger partial charge in [-0.1, -0.05) is 51.1 Å². The second kappa shape index (κ2) is 20.4. The molecular formula is C45H52N4O9. The number of nitrogens with two attached hydrogens (primary N) is 1. The fourth-order valence-corrected chi connectivity index (χ4v) is 6.26. The molecule has 0 saturated carbocycles. The van der Waals surface area contributed by atoms with E-state index < -0.39 is 11.9 Å². The van der Waals surface area contributed by atoms with Gasteiger partial charge in [-0.3, -0.25) is 14.6 Å². The second-order valence-electron chi connectivity index (χ2n) is 14.5. The Bertz CT molecular complexity index is 2220. The van der Waals surface area contributed by atoms with E-state index in [0.717, 1.165) is 27.6 Å². The molecule has 0 aliphatic heterocycles. The van der Waals surface area contributed by atoms with Crippen LogP contribution in [0.25, 0.3) is 10.8 Å². The highest BCUT2D eigenvalue weighted by Crippen LogP contribution is 2.37. The lowest BCUT2D eigenvalue weighted by atomic mass is 9.85. The first-order valence-electron chi connectivity index (χ1n) is 19.0. The molecule has 5 aromatic rings. The Kier molecular flexibility index (Phi) is 15.2. The lowest BCUT2D eigenvalue weighted by Crippen LogP contribution is -2.23. The van der Waals surface area contributed by atoms with Crippen molar-refractivity contribution < 1.29 is 42.8 Å². The van der Waals surface area contributed by atoms with Gasteiger partial charge in [0, 0.05) is 55.3 Å². The smallest absolute Gasteiger partial charge is 0.323 e. The highest BCUT2D eigenvalue weighted by atomic mass is 16.5. The number of nitrogens with zero attached hydrogens (tertiary/aromatic N) is 1. The van der Waals surface area contributed by atoms with Crippen molar-refractivity contribution in [1.29, 1.82) is 0 Å². The van der Waals surface area contributed by atoms with Crippen LogP contribution in [0, 0.1) is 0 Å². The second-order valence-corrected chi connectivity index (χ2v) is 14.5. The van der Waals surface area contributed by atoms with Gasteiger partial charge in [-0.05, 0) is 65.4 Å². The maximum atomic E-state index is 13.4. The van der Waals surface area contributed by atoms with Gasteiger partial charge < -0.3 is 44.8 Å². The van der Waals surface area contributed by atoms with Crippen molar-refractivity contribution in [1.82, 2.24) is 4.98 Å². The Morgan fingerprint density at radius 3 is 2.16 bits per heavy atom. The van der Waals surface area contributed by atoms with Crippen LogP contribution in [0.5, 0.6) is 23.0 Å². The predicted octanol–water partition coefficient (Wildman–Crippen LogP) is 8.32. The minimum absolute atomic E-state index is 0.0177. The van der Waals surface area contributed by atoms with Gasteiger partial charge in [0.2, 0.25) is 0 Å². The fraction of sp³-hybridized carbons (Fsp3) is 0.333. The number of ether oxygens (including phenoxy) is 6. The molecule has 0 fully saturated rings. The van der Waals surface area contributed by atoms with Gasteiger partial charge in [-0.25, -0.2) is 4.79 Å². The van der Waals surface area contributed by atoms with Crippen LogP contribution < -0.4 is 30.6 Å². The molecule has 1 heterocycles. The number of carbonyl (C=O) groups is 3. The first kappa shape index (κ1) is 43.1. The summed E-state index contributed by atoms with van der Waals surface area (Å²) in [5.74, 6) is 1.15. The minimum Gasteiger partial charge on any atom is -0.496 e. The number of pyridine rings is 1. The van der Waals surface area contributed by atoms with E-state index in [1.54, 1.807) is 56.8 Å². The Labute approximate surface area is 339 Å². The summed E-state index contributed by atoms with van der Waals surface area (Å²) in [6.45, 7) is 8.46. The van der Waals surface area contributed by atoms with Gasteiger partial charge in [-0.15, -0.1) is 0 Å². The molecule has 0 aliphatic carbocycles. The SMILES string of the molecule is COCCOCCOCCCC(=O)c1ccc(Cc2cc(Oc3ccc(NC(=O)Nc4cc(C(C)(C)C)cc(C(N)=O)c4OC)c4ccccc34)ccn2)cc1OC. The number of primary amides is 1. The number of hydrogen-bond acceptors (Lipinski definition) is 10. The summed E-state index contributed by atoms with van der Waals surface area (Å²) in [6.07, 6.45) is 3.08. The van der Waals surface area contributed by atoms with E-state index in [4.69, 9.17) is 34.2 Å². The normalized spacial score (nSPS) is 11.3. The van der Waals surface area contributed by atoms with Crippen LogP contribution in [0.1, 0.15) is 71.1 Å². The van der Waals surface area contributed by atoms with Crippen LogP contribution in [0.3, 0.4) is 0 Å². The van der Waals surface area contributed by atoms with E-state index in [9.17, 15) is 14.4 Å². The highest BCUT2D eigenvalue weighted by molar-refractivity contribution is 6.09. The van der Waals surface area contributed by atoms with Crippen molar-refractivity contribution in [2.45, 2.75) is 45.4 Å². The third-order valence-corrected chi connectivity index (χ3v) is 9.27. The van der Waals surface area contributed by atoms with Gasteiger partial charge in [0.25, 0.3) is 5.91 Å². The third kappa shape index (κ3) is 11.5. The van der Waals surface area contributed by atoms with Crippen LogP contribution in [0.2, 0.25) is 0 Å². The van der Waals surface area contributed by atoms with E-state index in [1.807, 2.05) is 63.2 Å². The van der Waals surface area contributed by atoms with Gasteiger partial charge >= 0.3 is 6.03 Å². The molecule has 3 amide bonds. The molecule has 1 aromatic heterocycles. The summed E-state index contributed by atoms with van der Waals surface area (Å²) in [5, 5.41) is 7.29. The third-order valence-electron chi connectivity index (χ3n) is 9.27. The zero-order valence-electron chi connectivity index (χ0n) is 33.9. The molecule has 0 unspecified atom stereocenters.